The average molecular weight is 268 g/mol. The number of benzene rings is 1. The Bertz CT molecular complexity index is 489. The van der Waals surface area contributed by atoms with E-state index in [0.717, 1.165) is 12.1 Å². The summed E-state index contributed by atoms with van der Waals surface area (Å²) in [7, 11) is 0. The Morgan fingerprint density at radius 2 is 2.05 bits per heavy atom. The van der Waals surface area contributed by atoms with Gasteiger partial charge in [-0.25, -0.2) is 9.18 Å². The lowest BCUT2D eigenvalue weighted by atomic mass is 10.0. The third-order valence-corrected chi connectivity index (χ3v) is 2.58. The summed E-state index contributed by atoms with van der Waals surface area (Å²) in [5, 5.41) is 11.8. The van der Waals surface area contributed by atoms with Gasteiger partial charge < -0.3 is 16.2 Å². The number of hydrogen-bond acceptors (Lipinski definition) is 3. The summed E-state index contributed by atoms with van der Waals surface area (Å²) in [5.41, 5.74) is 5.31. The van der Waals surface area contributed by atoms with E-state index in [2.05, 4.69) is 5.32 Å². The fraction of sp³-hybridized carbons (Fsp3) is 0.385. The van der Waals surface area contributed by atoms with Gasteiger partial charge in [0, 0.05) is 5.69 Å². The Labute approximate surface area is 110 Å². The molecule has 1 unspecified atom stereocenters. The minimum Gasteiger partial charge on any atom is -0.480 e. The molecule has 19 heavy (non-hydrogen) atoms. The number of halogens is 1. The van der Waals surface area contributed by atoms with Crippen molar-refractivity contribution in [2.45, 2.75) is 26.3 Å². The highest BCUT2D eigenvalue weighted by molar-refractivity contribution is 5.99. The van der Waals surface area contributed by atoms with Gasteiger partial charge in [0.15, 0.2) is 0 Å². The molecule has 0 saturated carbocycles. The van der Waals surface area contributed by atoms with E-state index in [1.165, 1.54) is 6.07 Å². The average Bonchev–Trinajstić information content (AvgIpc) is 2.29. The maximum absolute atomic E-state index is 13.1. The molecule has 1 amide bonds. The molecule has 0 aliphatic carbocycles. The van der Waals surface area contributed by atoms with Crippen LogP contribution in [0.25, 0.3) is 0 Å². The first kappa shape index (κ1) is 14.9. The molecule has 0 aromatic heterocycles. The fourth-order valence-electron chi connectivity index (χ4n) is 1.73. The van der Waals surface area contributed by atoms with E-state index in [9.17, 15) is 14.0 Å². The molecule has 1 rings (SSSR count). The van der Waals surface area contributed by atoms with Gasteiger partial charge in [0.2, 0.25) is 0 Å². The second-order valence-electron chi connectivity index (χ2n) is 4.72. The molecule has 6 heteroatoms. The van der Waals surface area contributed by atoms with Crippen molar-refractivity contribution in [3.05, 3.63) is 29.6 Å². The van der Waals surface area contributed by atoms with Crippen molar-refractivity contribution in [1.82, 2.24) is 0 Å². The fourth-order valence-corrected chi connectivity index (χ4v) is 1.73. The SMILES string of the molecule is CC(C)CC(Nc1ccc(F)cc1C(N)=O)C(=O)O. The number of carboxylic acids is 1. The van der Waals surface area contributed by atoms with Crippen molar-refractivity contribution in [3.8, 4) is 0 Å². The van der Waals surface area contributed by atoms with Gasteiger partial charge in [0.1, 0.15) is 11.9 Å². The van der Waals surface area contributed by atoms with Crippen LogP contribution in [0.4, 0.5) is 10.1 Å². The Morgan fingerprint density at radius 3 is 2.53 bits per heavy atom. The van der Waals surface area contributed by atoms with Crippen LogP contribution in [0.3, 0.4) is 0 Å². The number of amides is 1. The lowest BCUT2D eigenvalue weighted by Crippen LogP contribution is -2.31. The molecular formula is C13H17FN2O3. The number of primary amides is 1. The Balaban J connectivity index is 3.02. The normalized spacial score (nSPS) is 12.2. The smallest absolute Gasteiger partial charge is 0.326 e. The van der Waals surface area contributed by atoms with Gasteiger partial charge in [-0.2, -0.15) is 0 Å². The van der Waals surface area contributed by atoms with Crippen LogP contribution in [-0.2, 0) is 4.79 Å². The number of hydrogen-bond donors (Lipinski definition) is 3. The quantitative estimate of drug-likeness (QED) is 0.734. The third kappa shape index (κ3) is 4.24. The molecule has 0 aliphatic rings. The van der Waals surface area contributed by atoms with Gasteiger partial charge >= 0.3 is 5.97 Å². The first-order chi connectivity index (χ1) is 8.81. The molecule has 1 atom stereocenters. The van der Waals surface area contributed by atoms with Gasteiger partial charge in [-0.05, 0) is 30.5 Å². The van der Waals surface area contributed by atoms with Crippen LogP contribution >= 0.6 is 0 Å². The largest absolute Gasteiger partial charge is 0.480 e. The zero-order valence-electron chi connectivity index (χ0n) is 10.8. The molecule has 0 bridgehead atoms. The van der Waals surface area contributed by atoms with Crippen LogP contribution in [0.5, 0.6) is 0 Å². The minimum atomic E-state index is -1.03. The maximum atomic E-state index is 13.1. The van der Waals surface area contributed by atoms with Crippen LogP contribution in [0.2, 0.25) is 0 Å². The lowest BCUT2D eigenvalue weighted by Gasteiger charge is -2.19. The summed E-state index contributed by atoms with van der Waals surface area (Å²) in [6, 6.07) is 2.58. The standard InChI is InChI=1S/C13H17FN2O3/c1-7(2)5-11(13(18)19)16-10-4-3-8(14)6-9(10)12(15)17/h3-4,6-7,11,16H,5H2,1-2H3,(H2,15,17)(H,18,19). The summed E-state index contributed by atoms with van der Waals surface area (Å²) in [6.07, 6.45) is 0.380. The number of nitrogens with two attached hydrogens (primary N) is 1. The summed E-state index contributed by atoms with van der Waals surface area (Å²) >= 11 is 0. The number of carboxylic acid groups (broad SMARTS) is 1. The Morgan fingerprint density at radius 1 is 1.42 bits per heavy atom. The first-order valence-corrected chi connectivity index (χ1v) is 5.90. The molecular weight excluding hydrogens is 251 g/mol. The summed E-state index contributed by atoms with van der Waals surface area (Å²) in [5.74, 6) is -2.29. The van der Waals surface area contributed by atoms with Crippen LogP contribution < -0.4 is 11.1 Å². The highest BCUT2D eigenvalue weighted by atomic mass is 19.1. The van der Waals surface area contributed by atoms with E-state index in [4.69, 9.17) is 10.8 Å². The summed E-state index contributed by atoms with van der Waals surface area (Å²) in [4.78, 5) is 22.4. The van der Waals surface area contributed by atoms with Gasteiger partial charge in [-0.15, -0.1) is 0 Å². The van der Waals surface area contributed by atoms with Crippen molar-refractivity contribution in [1.29, 1.82) is 0 Å². The van der Waals surface area contributed by atoms with Gasteiger partial charge in [-0.3, -0.25) is 4.79 Å². The second kappa shape index (κ2) is 6.17. The number of aliphatic carboxylic acids is 1. The highest BCUT2D eigenvalue weighted by Crippen LogP contribution is 2.19. The summed E-state index contributed by atoms with van der Waals surface area (Å²) < 4.78 is 13.1. The van der Waals surface area contributed by atoms with E-state index in [1.54, 1.807) is 0 Å². The molecule has 5 nitrogen and oxygen atoms in total. The molecule has 0 fully saturated rings. The van der Waals surface area contributed by atoms with E-state index in [1.807, 2.05) is 13.8 Å². The predicted molar refractivity (Wildman–Crippen MR) is 69.4 cm³/mol. The van der Waals surface area contributed by atoms with Crippen LogP contribution in [0.1, 0.15) is 30.6 Å². The van der Waals surface area contributed by atoms with Gasteiger partial charge in [0.05, 0.1) is 5.56 Å². The third-order valence-electron chi connectivity index (χ3n) is 2.58. The van der Waals surface area contributed by atoms with Crippen LogP contribution in [0.15, 0.2) is 18.2 Å². The first-order valence-electron chi connectivity index (χ1n) is 5.90. The Kier molecular flexibility index (Phi) is 4.86. The van der Waals surface area contributed by atoms with Crippen molar-refractivity contribution >= 4 is 17.6 Å². The molecule has 0 heterocycles. The molecule has 4 N–H and O–H groups in total. The summed E-state index contributed by atoms with van der Waals surface area (Å²) in [6.45, 7) is 3.77. The highest BCUT2D eigenvalue weighted by Gasteiger charge is 2.21. The maximum Gasteiger partial charge on any atom is 0.326 e. The van der Waals surface area contributed by atoms with Crippen LogP contribution in [-0.4, -0.2) is 23.0 Å². The van der Waals surface area contributed by atoms with Crippen LogP contribution in [0, 0.1) is 11.7 Å². The van der Waals surface area contributed by atoms with Crippen molar-refractivity contribution in [3.63, 3.8) is 0 Å². The van der Waals surface area contributed by atoms with Crippen molar-refractivity contribution < 1.29 is 19.1 Å². The Hall–Kier alpha value is -2.11. The monoisotopic (exact) mass is 268 g/mol. The van der Waals surface area contributed by atoms with E-state index in [0.29, 0.717) is 6.42 Å². The topological polar surface area (TPSA) is 92.4 Å². The molecule has 104 valence electrons. The zero-order chi connectivity index (χ0) is 14.6. The lowest BCUT2D eigenvalue weighted by molar-refractivity contribution is -0.138. The molecule has 0 saturated heterocycles. The van der Waals surface area contributed by atoms with Crippen molar-refractivity contribution in [2.24, 2.45) is 11.7 Å². The van der Waals surface area contributed by atoms with Crippen molar-refractivity contribution in [2.75, 3.05) is 5.32 Å². The number of rotatable bonds is 6. The number of nitrogens with one attached hydrogen (secondary N) is 1. The second-order valence-corrected chi connectivity index (χ2v) is 4.72. The molecule has 1 aromatic carbocycles. The molecule has 0 spiro atoms. The minimum absolute atomic E-state index is 0.0602. The zero-order valence-corrected chi connectivity index (χ0v) is 10.8. The van der Waals surface area contributed by atoms with E-state index < -0.39 is 23.7 Å². The van der Waals surface area contributed by atoms with Gasteiger partial charge in [0.25, 0.3) is 5.91 Å². The molecule has 0 radical (unpaired) electrons. The predicted octanol–water partition coefficient (Wildman–Crippen LogP) is 1.84. The number of carbonyl (C=O) groups is 2. The van der Waals surface area contributed by atoms with Gasteiger partial charge in [-0.1, -0.05) is 13.8 Å². The van der Waals surface area contributed by atoms with E-state index >= 15 is 0 Å². The number of carbonyl (C=O) groups excluding carboxylic acids is 1. The molecule has 1 aromatic rings. The van der Waals surface area contributed by atoms with E-state index in [-0.39, 0.29) is 17.2 Å². The molecule has 0 aliphatic heterocycles. The number of anilines is 1.